The maximum absolute atomic E-state index is 11.2. The van der Waals surface area contributed by atoms with E-state index < -0.39 is 10.8 Å². The second-order valence-corrected chi connectivity index (χ2v) is 5.66. The second kappa shape index (κ2) is 7.06. The molecule has 0 saturated heterocycles. The van der Waals surface area contributed by atoms with E-state index in [4.69, 9.17) is 10.5 Å². The predicted octanol–water partition coefficient (Wildman–Crippen LogP) is 4.04. The third-order valence-corrected chi connectivity index (χ3v) is 4.07. The predicted molar refractivity (Wildman–Crippen MR) is 99.0 cm³/mol. The normalized spacial score (nSPS) is 10.3. The van der Waals surface area contributed by atoms with Crippen LogP contribution in [-0.2, 0) is 0 Å². The first-order valence-corrected chi connectivity index (χ1v) is 7.82. The number of carbonyl (C=O) groups excluding carboxylic acids is 1. The van der Waals surface area contributed by atoms with Gasteiger partial charge in [-0.15, -0.1) is 0 Å². The first-order chi connectivity index (χ1) is 12.5. The molecule has 3 rings (SSSR count). The maximum atomic E-state index is 11.2. The number of nitrogens with two attached hydrogens (primary N) is 1. The summed E-state index contributed by atoms with van der Waals surface area (Å²) in [6.45, 7) is 0. The van der Waals surface area contributed by atoms with Gasteiger partial charge in [-0.05, 0) is 41.0 Å². The molecule has 0 aliphatic carbocycles. The van der Waals surface area contributed by atoms with E-state index in [-0.39, 0.29) is 5.69 Å². The van der Waals surface area contributed by atoms with Crippen molar-refractivity contribution in [1.82, 2.24) is 0 Å². The van der Waals surface area contributed by atoms with Crippen LogP contribution >= 0.6 is 0 Å². The first kappa shape index (κ1) is 17.2. The summed E-state index contributed by atoms with van der Waals surface area (Å²) in [6.07, 6.45) is 0. The molecule has 0 unspecified atom stereocenters. The average Bonchev–Trinajstić information content (AvgIpc) is 2.67. The lowest BCUT2D eigenvalue weighted by Gasteiger charge is -2.11. The highest BCUT2D eigenvalue weighted by atomic mass is 16.6. The molecule has 3 aromatic carbocycles. The van der Waals surface area contributed by atoms with Gasteiger partial charge in [0.1, 0.15) is 5.75 Å². The van der Waals surface area contributed by atoms with Crippen molar-refractivity contribution in [2.24, 2.45) is 5.73 Å². The highest BCUT2D eigenvalue weighted by Gasteiger charge is 2.12. The fraction of sp³-hybridized carbons (Fsp3) is 0.0500. The van der Waals surface area contributed by atoms with E-state index in [9.17, 15) is 14.9 Å². The molecular weight excluding hydrogens is 332 g/mol. The number of benzene rings is 3. The van der Waals surface area contributed by atoms with Gasteiger partial charge >= 0.3 is 0 Å². The zero-order valence-corrected chi connectivity index (χ0v) is 14.0. The monoisotopic (exact) mass is 348 g/mol. The van der Waals surface area contributed by atoms with Gasteiger partial charge in [0.25, 0.3) is 5.69 Å². The topological polar surface area (TPSA) is 95.5 Å². The van der Waals surface area contributed by atoms with Gasteiger partial charge in [-0.25, -0.2) is 0 Å². The number of nitro benzene ring substituents is 1. The number of hydrogen-bond donors (Lipinski definition) is 1. The fourth-order valence-corrected chi connectivity index (χ4v) is 2.73. The van der Waals surface area contributed by atoms with E-state index >= 15 is 0 Å². The molecular formula is C20H16N2O4. The number of nitro groups is 1. The SMILES string of the molecule is COc1ccc(-c2ccc(C(N)=O)cc2)cc1-c1cccc([N+](=O)[O-])c1. The van der Waals surface area contributed by atoms with Crippen LogP contribution in [0, 0.1) is 10.1 Å². The van der Waals surface area contributed by atoms with Crippen LogP contribution in [-0.4, -0.2) is 17.9 Å². The number of non-ortho nitro benzene ring substituents is 1. The molecule has 0 atom stereocenters. The van der Waals surface area contributed by atoms with Crippen LogP contribution in [0.15, 0.2) is 66.7 Å². The highest BCUT2D eigenvalue weighted by Crippen LogP contribution is 2.35. The Hall–Kier alpha value is -3.67. The summed E-state index contributed by atoms with van der Waals surface area (Å²) in [4.78, 5) is 21.8. The number of ether oxygens (including phenoxy) is 1. The molecule has 0 bridgehead atoms. The molecule has 130 valence electrons. The molecule has 6 nitrogen and oxygen atoms in total. The van der Waals surface area contributed by atoms with Crippen LogP contribution in [0.4, 0.5) is 5.69 Å². The van der Waals surface area contributed by atoms with Crippen LogP contribution in [0.2, 0.25) is 0 Å². The smallest absolute Gasteiger partial charge is 0.270 e. The summed E-state index contributed by atoms with van der Waals surface area (Å²) >= 11 is 0. The minimum absolute atomic E-state index is 0.0146. The molecule has 0 saturated carbocycles. The molecule has 0 aliphatic heterocycles. The summed E-state index contributed by atoms with van der Waals surface area (Å²) in [5.41, 5.74) is 8.93. The summed E-state index contributed by atoms with van der Waals surface area (Å²) in [7, 11) is 1.55. The summed E-state index contributed by atoms with van der Waals surface area (Å²) in [5.74, 6) is 0.131. The Morgan fingerprint density at radius 1 is 0.962 bits per heavy atom. The van der Waals surface area contributed by atoms with Gasteiger partial charge in [0.2, 0.25) is 5.91 Å². The zero-order chi connectivity index (χ0) is 18.7. The van der Waals surface area contributed by atoms with E-state index in [2.05, 4.69) is 0 Å². The molecule has 1 amide bonds. The maximum Gasteiger partial charge on any atom is 0.270 e. The van der Waals surface area contributed by atoms with Crippen LogP contribution in [0.1, 0.15) is 10.4 Å². The number of hydrogen-bond acceptors (Lipinski definition) is 4. The number of primary amides is 1. The lowest BCUT2D eigenvalue weighted by atomic mass is 9.97. The summed E-state index contributed by atoms with van der Waals surface area (Å²) in [6, 6.07) is 18.9. The van der Waals surface area contributed by atoms with Crippen LogP contribution in [0.5, 0.6) is 5.75 Å². The van der Waals surface area contributed by atoms with Gasteiger partial charge in [-0.2, -0.15) is 0 Å². The summed E-state index contributed by atoms with van der Waals surface area (Å²) in [5, 5.41) is 11.1. The number of carbonyl (C=O) groups is 1. The van der Waals surface area contributed by atoms with Crippen molar-refractivity contribution in [2.75, 3.05) is 7.11 Å². The third-order valence-electron chi connectivity index (χ3n) is 4.07. The van der Waals surface area contributed by atoms with Gasteiger partial charge in [-0.3, -0.25) is 14.9 Å². The zero-order valence-electron chi connectivity index (χ0n) is 14.0. The molecule has 26 heavy (non-hydrogen) atoms. The molecule has 3 aromatic rings. The molecule has 0 spiro atoms. The standard InChI is InChI=1S/C20H16N2O4/c1-26-19-10-9-15(13-5-7-14(8-6-13)20(21)23)12-18(19)16-3-2-4-17(11-16)22(24)25/h2-12H,1H3,(H2,21,23). The van der Waals surface area contributed by atoms with Crippen molar-refractivity contribution < 1.29 is 14.5 Å². The van der Waals surface area contributed by atoms with Crippen molar-refractivity contribution in [1.29, 1.82) is 0 Å². The fourth-order valence-electron chi connectivity index (χ4n) is 2.73. The largest absolute Gasteiger partial charge is 0.496 e. The van der Waals surface area contributed by atoms with Gasteiger partial charge in [0.05, 0.1) is 12.0 Å². The second-order valence-electron chi connectivity index (χ2n) is 5.66. The van der Waals surface area contributed by atoms with E-state index in [0.717, 1.165) is 16.7 Å². The Bertz CT molecular complexity index is 981. The highest BCUT2D eigenvalue weighted by molar-refractivity contribution is 5.93. The molecule has 6 heteroatoms. The Morgan fingerprint density at radius 2 is 1.65 bits per heavy atom. The lowest BCUT2D eigenvalue weighted by Crippen LogP contribution is -2.10. The van der Waals surface area contributed by atoms with Crippen molar-refractivity contribution in [3.8, 4) is 28.0 Å². The first-order valence-electron chi connectivity index (χ1n) is 7.82. The van der Waals surface area contributed by atoms with Crippen LogP contribution in [0.3, 0.4) is 0 Å². The molecule has 0 heterocycles. The summed E-state index contributed by atoms with van der Waals surface area (Å²) < 4.78 is 5.41. The Kier molecular flexibility index (Phi) is 4.66. The van der Waals surface area contributed by atoms with Crippen molar-refractivity contribution in [2.45, 2.75) is 0 Å². The van der Waals surface area contributed by atoms with Gasteiger partial charge in [-0.1, -0.05) is 30.3 Å². The average molecular weight is 348 g/mol. The molecule has 0 fully saturated rings. The van der Waals surface area contributed by atoms with Crippen molar-refractivity contribution in [3.63, 3.8) is 0 Å². The van der Waals surface area contributed by atoms with Gasteiger partial charge in [0, 0.05) is 23.3 Å². The molecule has 0 aliphatic rings. The minimum Gasteiger partial charge on any atom is -0.496 e. The van der Waals surface area contributed by atoms with Crippen LogP contribution < -0.4 is 10.5 Å². The number of methoxy groups -OCH3 is 1. The van der Waals surface area contributed by atoms with E-state index in [1.165, 1.54) is 12.1 Å². The van der Waals surface area contributed by atoms with Crippen molar-refractivity contribution >= 4 is 11.6 Å². The van der Waals surface area contributed by atoms with Crippen LogP contribution in [0.25, 0.3) is 22.3 Å². The van der Waals surface area contributed by atoms with Crippen molar-refractivity contribution in [3.05, 3.63) is 82.4 Å². The number of amides is 1. The van der Waals surface area contributed by atoms with Gasteiger partial charge < -0.3 is 10.5 Å². The number of nitrogens with zero attached hydrogens (tertiary/aromatic N) is 1. The Morgan fingerprint density at radius 3 is 2.27 bits per heavy atom. The Labute approximate surface area is 150 Å². The Balaban J connectivity index is 2.08. The lowest BCUT2D eigenvalue weighted by molar-refractivity contribution is -0.384. The molecule has 2 N–H and O–H groups in total. The molecule has 0 aromatic heterocycles. The third kappa shape index (κ3) is 3.39. The van der Waals surface area contributed by atoms with E-state index in [1.54, 1.807) is 43.5 Å². The number of rotatable bonds is 5. The minimum atomic E-state index is -0.483. The van der Waals surface area contributed by atoms with E-state index in [0.29, 0.717) is 16.9 Å². The quantitative estimate of drug-likeness (QED) is 0.556. The van der Waals surface area contributed by atoms with Gasteiger partial charge in [0.15, 0.2) is 0 Å². The molecule has 0 radical (unpaired) electrons. The van der Waals surface area contributed by atoms with E-state index in [1.807, 2.05) is 18.2 Å².